The Kier molecular flexibility index (Phi) is 3.78. The summed E-state index contributed by atoms with van der Waals surface area (Å²) in [5.74, 6) is -3.09. The van der Waals surface area contributed by atoms with Crippen LogP contribution >= 0.6 is 11.6 Å². The number of nitrogens with one attached hydrogen (secondary N) is 1. The van der Waals surface area contributed by atoms with Gasteiger partial charge in [-0.05, 0) is 24.3 Å². The van der Waals surface area contributed by atoms with Gasteiger partial charge < -0.3 is 5.73 Å². The fourth-order valence-electron chi connectivity index (χ4n) is 1.42. The molecule has 0 aliphatic carbocycles. The smallest absolute Gasteiger partial charge is 0.266 e. The molecule has 0 aliphatic rings. The first-order chi connectivity index (χ1) is 9.31. The molecule has 0 saturated carbocycles. The van der Waals surface area contributed by atoms with E-state index in [2.05, 4.69) is 4.98 Å². The molecule has 1 aromatic heterocycles. The van der Waals surface area contributed by atoms with E-state index in [-0.39, 0.29) is 16.5 Å². The molecule has 3 N–H and O–H groups in total. The highest BCUT2D eigenvalue weighted by Crippen LogP contribution is 2.25. The van der Waals surface area contributed by atoms with Crippen LogP contribution in [0.4, 0.5) is 20.3 Å². The zero-order valence-corrected chi connectivity index (χ0v) is 11.3. The maximum absolute atomic E-state index is 13.6. The standard InChI is InChI=1S/C11H8ClF2N3O2S/c12-7-2-1-3-16-11(7)17-20(18,19)9-5-6(15)4-8(13)10(9)14/h1-5H,15H2,(H,16,17). The van der Waals surface area contributed by atoms with E-state index >= 15 is 0 Å². The number of nitrogen functional groups attached to an aromatic ring is 1. The minimum atomic E-state index is -4.40. The first kappa shape index (κ1) is 14.5. The highest BCUT2D eigenvalue weighted by Gasteiger charge is 2.24. The lowest BCUT2D eigenvalue weighted by atomic mass is 10.3. The molecule has 0 saturated heterocycles. The van der Waals surface area contributed by atoms with Crippen molar-refractivity contribution in [2.24, 2.45) is 0 Å². The van der Waals surface area contributed by atoms with Crippen LogP contribution in [-0.2, 0) is 10.0 Å². The number of sulfonamides is 1. The van der Waals surface area contributed by atoms with E-state index in [1.807, 2.05) is 4.72 Å². The van der Waals surface area contributed by atoms with Gasteiger partial charge in [-0.25, -0.2) is 22.2 Å². The summed E-state index contributed by atoms with van der Waals surface area (Å²) < 4.78 is 52.8. The van der Waals surface area contributed by atoms with Crippen LogP contribution in [0.5, 0.6) is 0 Å². The molecular formula is C11H8ClF2N3O2S. The average Bonchev–Trinajstić information content (AvgIpc) is 2.36. The molecular weight excluding hydrogens is 312 g/mol. The summed E-state index contributed by atoms with van der Waals surface area (Å²) in [6.45, 7) is 0. The summed E-state index contributed by atoms with van der Waals surface area (Å²) in [6.07, 6.45) is 1.29. The van der Waals surface area contributed by atoms with Crippen LogP contribution in [0.15, 0.2) is 35.4 Å². The number of benzene rings is 1. The molecule has 0 aliphatic heterocycles. The molecule has 0 fully saturated rings. The SMILES string of the molecule is Nc1cc(F)c(F)c(S(=O)(=O)Nc2ncccc2Cl)c1. The number of anilines is 2. The summed E-state index contributed by atoms with van der Waals surface area (Å²) in [5.41, 5.74) is 5.08. The van der Waals surface area contributed by atoms with Gasteiger partial charge in [0.15, 0.2) is 17.5 Å². The van der Waals surface area contributed by atoms with Gasteiger partial charge >= 0.3 is 0 Å². The first-order valence-electron chi connectivity index (χ1n) is 5.19. The van der Waals surface area contributed by atoms with E-state index in [1.54, 1.807) is 0 Å². The lowest BCUT2D eigenvalue weighted by Crippen LogP contribution is -2.17. The number of pyridine rings is 1. The van der Waals surface area contributed by atoms with Crippen molar-refractivity contribution in [3.05, 3.63) is 47.1 Å². The van der Waals surface area contributed by atoms with Gasteiger partial charge in [-0.15, -0.1) is 0 Å². The number of rotatable bonds is 3. The topological polar surface area (TPSA) is 85.1 Å². The third-order valence-electron chi connectivity index (χ3n) is 2.30. The zero-order chi connectivity index (χ0) is 14.9. The largest absolute Gasteiger partial charge is 0.399 e. The van der Waals surface area contributed by atoms with Crippen molar-refractivity contribution in [2.45, 2.75) is 4.90 Å². The third-order valence-corrected chi connectivity index (χ3v) is 3.94. The molecule has 0 atom stereocenters. The molecule has 20 heavy (non-hydrogen) atoms. The first-order valence-corrected chi connectivity index (χ1v) is 7.05. The second-order valence-corrected chi connectivity index (χ2v) is 5.81. The van der Waals surface area contributed by atoms with E-state index < -0.39 is 26.6 Å². The second-order valence-electron chi connectivity index (χ2n) is 3.75. The molecule has 2 aromatic rings. The fraction of sp³-hybridized carbons (Fsp3) is 0. The van der Waals surface area contributed by atoms with Crippen LogP contribution in [0.1, 0.15) is 0 Å². The summed E-state index contributed by atoms with van der Waals surface area (Å²) in [5, 5.41) is 0.0147. The van der Waals surface area contributed by atoms with Crippen molar-refractivity contribution in [3.8, 4) is 0 Å². The van der Waals surface area contributed by atoms with E-state index in [0.29, 0.717) is 6.07 Å². The Hall–Kier alpha value is -1.93. The van der Waals surface area contributed by atoms with E-state index in [0.717, 1.165) is 6.07 Å². The Morgan fingerprint density at radius 3 is 2.65 bits per heavy atom. The third kappa shape index (κ3) is 2.81. The normalized spacial score (nSPS) is 11.3. The number of nitrogens with two attached hydrogens (primary N) is 1. The summed E-state index contributed by atoms with van der Waals surface area (Å²) in [7, 11) is -4.40. The molecule has 0 unspecified atom stereocenters. The fourth-order valence-corrected chi connectivity index (χ4v) is 2.80. The van der Waals surface area contributed by atoms with Crippen LogP contribution in [-0.4, -0.2) is 13.4 Å². The van der Waals surface area contributed by atoms with Crippen molar-refractivity contribution in [3.63, 3.8) is 0 Å². The van der Waals surface area contributed by atoms with E-state index in [4.69, 9.17) is 17.3 Å². The second kappa shape index (κ2) is 5.22. The van der Waals surface area contributed by atoms with Crippen LogP contribution < -0.4 is 10.5 Å². The number of nitrogens with zero attached hydrogens (tertiary/aromatic N) is 1. The Labute approximate surface area is 118 Å². The molecule has 0 spiro atoms. The predicted molar refractivity (Wildman–Crippen MR) is 70.8 cm³/mol. The summed E-state index contributed by atoms with van der Waals surface area (Å²) in [4.78, 5) is 2.77. The van der Waals surface area contributed by atoms with Gasteiger partial charge in [-0.2, -0.15) is 0 Å². The van der Waals surface area contributed by atoms with Crippen molar-refractivity contribution in [1.29, 1.82) is 0 Å². The van der Waals surface area contributed by atoms with Gasteiger partial charge in [0.05, 0.1) is 5.02 Å². The molecule has 2 rings (SSSR count). The van der Waals surface area contributed by atoms with Gasteiger partial charge in [0, 0.05) is 11.9 Å². The summed E-state index contributed by atoms with van der Waals surface area (Å²) in [6, 6.07) is 4.36. The highest BCUT2D eigenvalue weighted by molar-refractivity contribution is 7.92. The monoisotopic (exact) mass is 319 g/mol. The number of halogens is 3. The predicted octanol–water partition coefficient (Wildman–Crippen LogP) is 2.40. The Bertz CT molecular complexity index is 768. The van der Waals surface area contributed by atoms with Crippen molar-refractivity contribution in [2.75, 3.05) is 10.5 Å². The number of aromatic nitrogens is 1. The van der Waals surface area contributed by atoms with E-state index in [1.165, 1.54) is 18.3 Å². The van der Waals surface area contributed by atoms with Crippen LogP contribution in [0.2, 0.25) is 5.02 Å². The minimum Gasteiger partial charge on any atom is -0.399 e. The maximum Gasteiger partial charge on any atom is 0.266 e. The molecule has 0 bridgehead atoms. The Morgan fingerprint density at radius 2 is 2.00 bits per heavy atom. The van der Waals surface area contributed by atoms with Crippen LogP contribution in [0.25, 0.3) is 0 Å². The van der Waals surface area contributed by atoms with Crippen molar-refractivity contribution >= 4 is 33.1 Å². The highest BCUT2D eigenvalue weighted by atomic mass is 35.5. The van der Waals surface area contributed by atoms with Crippen molar-refractivity contribution in [1.82, 2.24) is 4.98 Å². The summed E-state index contributed by atoms with van der Waals surface area (Å²) >= 11 is 5.74. The van der Waals surface area contributed by atoms with E-state index in [9.17, 15) is 17.2 Å². The van der Waals surface area contributed by atoms with Crippen LogP contribution in [0, 0.1) is 11.6 Å². The van der Waals surface area contributed by atoms with Crippen molar-refractivity contribution < 1.29 is 17.2 Å². The molecule has 1 heterocycles. The molecule has 5 nitrogen and oxygen atoms in total. The maximum atomic E-state index is 13.6. The Morgan fingerprint density at radius 1 is 1.30 bits per heavy atom. The number of hydrogen-bond donors (Lipinski definition) is 2. The molecule has 106 valence electrons. The molecule has 1 aromatic carbocycles. The zero-order valence-electron chi connectivity index (χ0n) is 9.77. The molecule has 9 heteroatoms. The number of hydrogen-bond acceptors (Lipinski definition) is 4. The molecule has 0 radical (unpaired) electrons. The van der Waals surface area contributed by atoms with Crippen LogP contribution in [0.3, 0.4) is 0 Å². The quantitative estimate of drug-likeness (QED) is 0.851. The molecule has 0 amide bonds. The minimum absolute atomic E-state index is 0.0147. The van der Waals surface area contributed by atoms with Gasteiger partial charge in [0.1, 0.15) is 4.90 Å². The average molecular weight is 320 g/mol. The lowest BCUT2D eigenvalue weighted by molar-refractivity contribution is 0.486. The lowest BCUT2D eigenvalue weighted by Gasteiger charge is -2.10. The van der Waals surface area contributed by atoms with Gasteiger partial charge in [-0.1, -0.05) is 11.6 Å². The van der Waals surface area contributed by atoms with Gasteiger partial charge in [0.25, 0.3) is 10.0 Å². The van der Waals surface area contributed by atoms with Gasteiger partial charge in [-0.3, -0.25) is 4.72 Å². The Balaban J connectivity index is 2.49. The van der Waals surface area contributed by atoms with Gasteiger partial charge in [0.2, 0.25) is 0 Å².